The van der Waals surface area contributed by atoms with E-state index in [0.717, 1.165) is 6.42 Å². The minimum Gasteiger partial charge on any atom is -0.261 e. The van der Waals surface area contributed by atoms with Gasteiger partial charge in [0.05, 0.1) is 0 Å². The molecule has 0 atom stereocenters. The van der Waals surface area contributed by atoms with E-state index in [1.165, 1.54) is 43.4 Å². The van der Waals surface area contributed by atoms with Crippen LogP contribution in [0.3, 0.4) is 0 Å². The lowest BCUT2D eigenvalue weighted by Gasteiger charge is -2.26. The molecule has 0 aromatic carbocycles. The third-order valence-corrected chi connectivity index (χ3v) is 4.07. The van der Waals surface area contributed by atoms with Crippen LogP contribution in [0.15, 0.2) is 29.9 Å². The summed E-state index contributed by atoms with van der Waals surface area (Å²) < 4.78 is 0. The number of aryl methyl sites for hydroxylation is 1. The van der Waals surface area contributed by atoms with Gasteiger partial charge in [-0.1, -0.05) is 37.1 Å². The Morgan fingerprint density at radius 1 is 1.28 bits per heavy atom. The van der Waals surface area contributed by atoms with Crippen LogP contribution in [-0.4, -0.2) is 4.98 Å². The van der Waals surface area contributed by atoms with Crippen LogP contribution < -0.4 is 0 Å². The number of aromatic nitrogens is 1. The summed E-state index contributed by atoms with van der Waals surface area (Å²) in [5, 5.41) is 0. The fraction of sp³-hybridized carbons (Fsp3) is 0.562. The first kappa shape index (κ1) is 13.6. The first-order valence-corrected chi connectivity index (χ1v) is 7.48. The molecule has 0 radical (unpaired) electrons. The number of rotatable bonds is 4. The highest BCUT2D eigenvalue weighted by Gasteiger charge is 2.21. The van der Waals surface area contributed by atoms with E-state index >= 15 is 0 Å². The number of allylic oxidation sites excluding steroid dienone is 1. The van der Waals surface area contributed by atoms with Crippen molar-refractivity contribution >= 4 is 11.6 Å². The van der Waals surface area contributed by atoms with Gasteiger partial charge in [0.1, 0.15) is 0 Å². The SMILES string of the molecule is CCCc1ccc(C2CCC(C=CCl)CC2)nc1. The molecule has 0 spiro atoms. The van der Waals surface area contributed by atoms with Gasteiger partial charge in [0, 0.05) is 23.3 Å². The normalized spacial score (nSPS) is 24.6. The number of nitrogens with zero attached hydrogens (tertiary/aromatic N) is 1. The molecule has 0 saturated heterocycles. The lowest BCUT2D eigenvalue weighted by atomic mass is 9.80. The minimum atomic E-state index is 0.653. The monoisotopic (exact) mass is 263 g/mol. The third-order valence-electron chi connectivity index (χ3n) is 3.92. The maximum atomic E-state index is 5.64. The van der Waals surface area contributed by atoms with Crippen molar-refractivity contribution in [1.29, 1.82) is 0 Å². The Morgan fingerprint density at radius 2 is 2.06 bits per heavy atom. The molecule has 1 aromatic rings. The molecule has 0 unspecified atom stereocenters. The predicted octanol–water partition coefficient (Wildman–Crippen LogP) is 5.06. The summed E-state index contributed by atoms with van der Waals surface area (Å²) in [5.41, 5.74) is 4.31. The summed E-state index contributed by atoms with van der Waals surface area (Å²) in [6.45, 7) is 2.21. The molecule has 0 amide bonds. The van der Waals surface area contributed by atoms with Gasteiger partial charge in [0.25, 0.3) is 0 Å². The summed E-state index contributed by atoms with van der Waals surface area (Å²) in [7, 11) is 0. The van der Waals surface area contributed by atoms with Crippen LogP contribution in [-0.2, 0) is 6.42 Å². The molecule has 0 N–H and O–H groups in total. The third kappa shape index (κ3) is 3.58. The average molecular weight is 264 g/mol. The number of hydrogen-bond donors (Lipinski definition) is 0. The zero-order valence-electron chi connectivity index (χ0n) is 11.1. The quantitative estimate of drug-likeness (QED) is 0.740. The molecule has 2 rings (SSSR count). The van der Waals surface area contributed by atoms with E-state index in [9.17, 15) is 0 Å². The highest BCUT2D eigenvalue weighted by molar-refractivity contribution is 6.25. The molecule has 18 heavy (non-hydrogen) atoms. The fourth-order valence-corrected chi connectivity index (χ4v) is 3.03. The van der Waals surface area contributed by atoms with E-state index in [1.54, 1.807) is 5.54 Å². The number of hydrogen-bond acceptors (Lipinski definition) is 1. The van der Waals surface area contributed by atoms with Crippen molar-refractivity contribution in [1.82, 2.24) is 4.98 Å². The van der Waals surface area contributed by atoms with Gasteiger partial charge >= 0.3 is 0 Å². The highest BCUT2D eigenvalue weighted by Crippen LogP contribution is 2.35. The molecule has 1 nitrogen and oxygen atoms in total. The number of pyridine rings is 1. The molecule has 98 valence electrons. The molecule has 2 heteroatoms. The van der Waals surface area contributed by atoms with Crippen molar-refractivity contribution in [3.05, 3.63) is 41.2 Å². The molecule has 1 aliphatic carbocycles. The van der Waals surface area contributed by atoms with Crippen LogP contribution >= 0.6 is 11.6 Å². The van der Waals surface area contributed by atoms with E-state index in [4.69, 9.17) is 11.6 Å². The zero-order chi connectivity index (χ0) is 12.8. The van der Waals surface area contributed by atoms with Crippen molar-refractivity contribution < 1.29 is 0 Å². The van der Waals surface area contributed by atoms with Gasteiger partial charge in [-0.25, -0.2) is 0 Å². The first-order valence-electron chi connectivity index (χ1n) is 7.05. The second-order valence-corrected chi connectivity index (χ2v) is 5.52. The van der Waals surface area contributed by atoms with E-state index in [0.29, 0.717) is 11.8 Å². The van der Waals surface area contributed by atoms with Crippen molar-refractivity contribution in [2.24, 2.45) is 5.92 Å². The highest BCUT2D eigenvalue weighted by atomic mass is 35.5. The molecule has 0 aliphatic heterocycles. The molecular formula is C16H22ClN. The Bertz CT molecular complexity index is 375. The minimum absolute atomic E-state index is 0.653. The van der Waals surface area contributed by atoms with Crippen molar-refractivity contribution in [3.8, 4) is 0 Å². The van der Waals surface area contributed by atoms with Crippen molar-refractivity contribution in [2.75, 3.05) is 0 Å². The number of halogens is 1. The predicted molar refractivity (Wildman–Crippen MR) is 77.9 cm³/mol. The van der Waals surface area contributed by atoms with Gasteiger partial charge in [-0.2, -0.15) is 0 Å². The van der Waals surface area contributed by atoms with E-state index in [-0.39, 0.29) is 0 Å². The van der Waals surface area contributed by atoms with Crippen LogP contribution in [0.4, 0.5) is 0 Å². The first-order chi connectivity index (χ1) is 8.83. The molecule has 1 aliphatic rings. The summed E-state index contributed by atoms with van der Waals surface area (Å²) in [4.78, 5) is 4.65. The van der Waals surface area contributed by atoms with Crippen LogP contribution in [0.2, 0.25) is 0 Å². The Morgan fingerprint density at radius 3 is 2.61 bits per heavy atom. The lowest BCUT2D eigenvalue weighted by molar-refractivity contribution is 0.371. The Balaban J connectivity index is 1.92. The molecule has 1 heterocycles. The van der Waals surface area contributed by atoms with E-state index in [1.807, 2.05) is 0 Å². The molecule has 0 bridgehead atoms. The molecule has 1 fully saturated rings. The molecular weight excluding hydrogens is 242 g/mol. The lowest BCUT2D eigenvalue weighted by Crippen LogP contribution is -2.12. The second-order valence-electron chi connectivity index (χ2n) is 5.27. The van der Waals surface area contributed by atoms with Gasteiger partial charge < -0.3 is 0 Å². The summed E-state index contributed by atoms with van der Waals surface area (Å²) in [6.07, 6.45) is 11.5. The van der Waals surface area contributed by atoms with Gasteiger partial charge in [-0.05, 0) is 49.7 Å². The van der Waals surface area contributed by atoms with Gasteiger partial charge in [0.15, 0.2) is 0 Å². The largest absolute Gasteiger partial charge is 0.261 e. The van der Waals surface area contributed by atoms with Crippen LogP contribution in [0.1, 0.15) is 56.2 Å². The Hall–Kier alpha value is -0.820. The van der Waals surface area contributed by atoms with Crippen LogP contribution in [0.25, 0.3) is 0 Å². The smallest absolute Gasteiger partial charge is 0.0434 e. The maximum absolute atomic E-state index is 5.64. The van der Waals surface area contributed by atoms with Crippen LogP contribution in [0, 0.1) is 5.92 Å². The maximum Gasteiger partial charge on any atom is 0.0434 e. The average Bonchev–Trinajstić information content (AvgIpc) is 2.41. The van der Waals surface area contributed by atoms with Crippen molar-refractivity contribution in [2.45, 2.75) is 51.4 Å². The second kappa shape index (κ2) is 6.94. The Labute approximate surface area is 115 Å². The topological polar surface area (TPSA) is 12.9 Å². The van der Waals surface area contributed by atoms with Gasteiger partial charge in [0.2, 0.25) is 0 Å². The van der Waals surface area contributed by atoms with E-state index in [2.05, 4.69) is 36.3 Å². The van der Waals surface area contributed by atoms with E-state index < -0.39 is 0 Å². The summed E-state index contributed by atoms with van der Waals surface area (Å²) >= 11 is 5.64. The summed E-state index contributed by atoms with van der Waals surface area (Å²) in [5.74, 6) is 1.33. The molecule has 1 saturated carbocycles. The van der Waals surface area contributed by atoms with Gasteiger partial charge in [-0.3, -0.25) is 4.98 Å². The fourth-order valence-electron chi connectivity index (χ4n) is 2.82. The van der Waals surface area contributed by atoms with Crippen LogP contribution in [0.5, 0.6) is 0 Å². The standard InChI is InChI=1S/C16H22ClN/c1-2-3-14-6-9-16(18-12-14)15-7-4-13(5-8-15)10-11-17/h6,9-13,15H,2-5,7-8H2,1H3. The van der Waals surface area contributed by atoms with Crippen molar-refractivity contribution in [3.63, 3.8) is 0 Å². The molecule has 1 aromatic heterocycles. The van der Waals surface area contributed by atoms with Gasteiger partial charge in [-0.15, -0.1) is 0 Å². The summed E-state index contributed by atoms with van der Waals surface area (Å²) in [6, 6.07) is 4.48. The zero-order valence-corrected chi connectivity index (χ0v) is 11.9. The Kier molecular flexibility index (Phi) is 5.25.